The predicted molar refractivity (Wildman–Crippen MR) is 113 cm³/mol. The summed E-state index contributed by atoms with van der Waals surface area (Å²) in [7, 11) is 0. The summed E-state index contributed by atoms with van der Waals surface area (Å²) in [5.74, 6) is 1.39. The predicted octanol–water partition coefficient (Wildman–Crippen LogP) is 4.42. The zero-order valence-corrected chi connectivity index (χ0v) is 16.4. The molecule has 1 N–H and O–H groups in total. The van der Waals surface area contributed by atoms with Crippen molar-refractivity contribution in [3.05, 3.63) is 78.2 Å². The highest BCUT2D eigenvalue weighted by molar-refractivity contribution is 5.91. The number of carbonyl (C=O) groups is 1. The molecular formula is C23H22N4O2. The largest absolute Gasteiger partial charge is 0.493 e. The van der Waals surface area contributed by atoms with Crippen LogP contribution < -0.4 is 10.1 Å². The molecule has 2 aromatic heterocycles. The number of aryl methyl sites for hydroxylation is 2. The number of hydrogen-bond donors (Lipinski definition) is 1. The number of rotatable bonds is 6. The van der Waals surface area contributed by atoms with Crippen molar-refractivity contribution < 1.29 is 9.53 Å². The number of amides is 1. The minimum Gasteiger partial charge on any atom is -0.493 e. The van der Waals surface area contributed by atoms with Crippen LogP contribution in [0.5, 0.6) is 5.75 Å². The van der Waals surface area contributed by atoms with Crippen molar-refractivity contribution in [2.75, 3.05) is 11.9 Å². The maximum absolute atomic E-state index is 12.2. The van der Waals surface area contributed by atoms with E-state index in [2.05, 4.69) is 21.4 Å². The average Bonchev–Trinajstić information content (AvgIpc) is 3.14. The van der Waals surface area contributed by atoms with Crippen LogP contribution in [-0.4, -0.2) is 26.9 Å². The lowest BCUT2D eigenvalue weighted by Crippen LogP contribution is -2.15. The van der Waals surface area contributed by atoms with Crippen molar-refractivity contribution in [1.29, 1.82) is 0 Å². The Balaban J connectivity index is 1.32. The molecule has 0 aliphatic rings. The van der Waals surface area contributed by atoms with E-state index < -0.39 is 0 Å². The third-order valence-electron chi connectivity index (χ3n) is 4.62. The van der Waals surface area contributed by atoms with Gasteiger partial charge in [0.25, 0.3) is 0 Å². The van der Waals surface area contributed by atoms with Crippen LogP contribution >= 0.6 is 0 Å². The fraction of sp³-hybridized carbons (Fsp3) is 0.174. The van der Waals surface area contributed by atoms with Crippen molar-refractivity contribution in [1.82, 2.24) is 14.4 Å². The first kappa shape index (κ1) is 18.7. The van der Waals surface area contributed by atoms with Crippen LogP contribution in [0.2, 0.25) is 0 Å². The molecule has 6 nitrogen and oxygen atoms in total. The molecule has 0 spiro atoms. The maximum atomic E-state index is 12.2. The van der Waals surface area contributed by atoms with Crippen LogP contribution in [0.1, 0.15) is 17.5 Å². The van der Waals surface area contributed by atoms with Crippen LogP contribution in [0.4, 0.5) is 5.69 Å². The molecule has 6 heteroatoms. The Labute approximate surface area is 169 Å². The number of hydrogen-bond acceptors (Lipinski definition) is 4. The van der Waals surface area contributed by atoms with Crippen LogP contribution in [0.25, 0.3) is 17.0 Å². The Morgan fingerprint density at radius 2 is 1.97 bits per heavy atom. The zero-order chi connectivity index (χ0) is 20.2. The molecule has 0 aliphatic carbocycles. The SMILES string of the molecule is Cc1ccc(OCCC(=O)Nc2ccc(-c3cn4cccnc4n3)cc2)c(C)c1. The molecule has 0 radical (unpaired) electrons. The Morgan fingerprint density at radius 3 is 2.72 bits per heavy atom. The third kappa shape index (κ3) is 4.43. The van der Waals surface area contributed by atoms with Gasteiger partial charge in [-0.1, -0.05) is 29.8 Å². The minimum absolute atomic E-state index is 0.0838. The molecule has 0 unspecified atom stereocenters. The van der Waals surface area contributed by atoms with Crippen LogP contribution in [-0.2, 0) is 4.79 Å². The number of ether oxygens (including phenoxy) is 1. The Hall–Kier alpha value is -3.67. The summed E-state index contributed by atoms with van der Waals surface area (Å²) in [4.78, 5) is 20.9. The van der Waals surface area contributed by atoms with Crippen LogP contribution in [0.3, 0.4) is 0 Å². The average molecular weight is 386 g/mol. The van der Waals surface area contributed by atoms with Crippen molar-refractivity contribution in [2.45, 2.75) is 20.3 Å². The second kappa shape index (κ2) is 8.14. The first-order valence-electron chi connectivity index (χ1n) is 9.48. The van der Waals surface area contributed by atoms with E-state index in [1.807, 2.05) is 73.1 Å². The molecule has 4 aromatic rings. The molecule has 1 amide bonds. The number of benzene rings is 2. The van der Waals surface area contributed by atoms with E-state index in [-0.39, 0.29) is 12.3 Å². The van der Waals surface area contributed by atoms with Gasteiger partial charge in [-0.05, 0) is 43.7 Å². The van der Waals surface area contributed by atoms with Gasteiger partial charge in [0.15, 0.2) is 0 Å². The number of imidazole rings is 1. The molecule has 0 saturated heterocycles. The van der Waals surface area contributed by atoms with E-state index in [9.17, 15) is 4.79 Å². The van der Waals surface area contributed by atoms with E-state index >= 15 is 0 Å². The third-order valence-corrected chi connectivity index (χ3v) is 4.62. The summed E-state index contributed by atoms with van der Waals surface area (Å²) in [5, 5.41) is 2.90. The summed E-state index contributed by atoms with van der Waals surface area (Å²) in [6.07, 6.45) is 5.84. The molecule has 0 bridgehead atoms. The maximum Gasteiger partial charge on any atom is 0.234 e. The Bertz CT molecular complexity index is 1120. The second-order valence-electron chi connectivity index (χ2n) is 6.95. The molecule has 0 atom stereocenters. The normalized spacial score (nSPS) is 10.8. The number of nitrogens with zero attached hydrogens (tertiary/aromatic N) is 3. The summed E-state index contributed by atoms with van der Waals surface area (Å²) >= 11 is 0. The summed E-state index contributed by atoms with van der Waals surface area (Å²) in [5.41, 5.74) is 4.81. The molecule has 2 heterocycles. The quantitative estimate of drug-likeness (QED) is 0.533. The minimum atomic E-state index is -0.0838. The number of aromatic nitrogens is 3. The van der Waals surface area contributed by atoms with Gasteiger partial charge in [-0.2, -0.15) is 0 Å². The smallest absolute Gasteiger partial charge is 0.234 e. The van der Waals surface area contributed by atoms with Crippen molar-refractivity contribution in [2.24, 2.45) is 0 Å². The lowest BCUT2D eigenvalue weighted by atomic mass is 10.1. The molecule has 29 heavy (non-hydrogen) atoms. The van der Waals surface area contributed by atoms with E-state index in [1.165, 1.54) is 5.56 Å². The molecule has 146 valence electrons. The lowest BCUT2D eigenvalue weighted by Gasteiger charge is -2.10. The molecule has 0 fully saturated rings. The highest BCUT2D eigenvalue weighted by Gasteiger charge is 2.07. The Kier molecular flexibility index (Phi) is 5.24. The number of nitrogens with one attached hydrogen (secondary N) is 1. The van der Waals surface area contributed by atoms with Crippen molar-refractivity contribution in [3.8, 4) is 17.0 Å². The van der Waals surface area contributed by atoms with Gasteiger partial charge in [0.05, 0.1) is 18.7 Å². The van der Waals surface area contributed by atoms with Crippen LogP contribution in [0, 0.1) is 13.8 Å². The van der Waals surface area contributed by atoms with Gasteiger partial charge < -0.3 is 10.1 Å². The van der Waals surface area contributed by atoms with Crippen molar-refractivity contribution in [3.63, 3.8) is 0 Å². The number of fused-ring (bicyclic) bond motifs is 1. The monoisotopic (exact) mass is 386 g/mol. The van der Waals surface area contributed by atoms with Crippen LogP contribution in [0.15, 0.2) is 67.1 Å². The van der Waals surface area contributed by atoms with Gasteiger partial charge >= 0.3 is 0 Å². The van der Waals surface area contributed by atoms with Gasteiger partial charge in [-0.3, -0.25) is 9.20 Å². The molecule has 0 aliphatic heterocycles. The fourth-order valence-corrected chi connectivity index (χ4v) is 3.13. The lowest BCUT2D eigenvalue weighted by molar-refractivity contribution is -0.116. The first-order chi connectivity index (χ1) is 14.1. The highest BCUT2D eigenvalue weighted by Crippen LogP contribution is 2.21. The number of anilines is 1. The van der Waals surface area contributed by atoms with E-state index in [0.717, 1.165) is 28.3 Å². The van der Waals surface area contributed by atoms with Gasteiger partial charge in [0, 0.05) is 29.8 Å². The topological polar surface area (TPSA) is 68.5 Å². The zero-order valence-electron chi connectivity index (χ0n) is 16.4. The molecular weight excluding hydrogens is 364 g/mol. The summed E-state index contributed by atoms with van der Waals surface area (Å²) in [6, 6.07) is 15.5. The Morgan fingerprint density at radius 1 is 1.14 bits per heavy atom. The number of carbonyl (C=O) groups excluding carboxylic acids is 1. The van der Waals surface area contributed by atoms with E-state index in [4.69, 9.17) is 4.74 Å². The van der Waals surface area contributed by atoms with E-state index in [0.29, 0.717) is 12.4 Å². The van der Waals surface area contributed by atoms with Gasteiger partial charge in [0.1, 0.15) is 5.75 Å². The highest BCUT2D eigenvalue weighted by atomic mass is 16.5. The summed E-state index contributed by atoms with van der Waals surface area (Å²) in [6.45, 7) is 4.38. The second-order valence-corrected chi connectivity index (χ2v) is 6.95. The van der Waals surface area contributed by atoms with E-state index in [1.54, 1.807) is 6.20 Å². The molecule has 4 rings (SSSR count). The first-order valence-corrected chi connectivity index (χ1v) is 9.48. The summed E-state index contributed by atoms with van der Waals surface area (Å²) < 4.78 is 7.60. The standard InChI is InChI=1S/C23H22N4O2/c1-16-4-9-21(17(2)14-16)29-13-10-22(28)25-19-7-5-18(6-8-19)20-15-27-12-3-11-24-23(27)26-20/h3-9,11-12,14-15H,10,13H2,1-2H3,(H,25,28). The van der Waals surface area contributed by atoms with Gasteiger partial charge in [-0.25, -0.2) is 9.97 Å². The van der Waals surface area contributed by atoms with Gasteiger partial charge in [0.2, 0.25) is 11.7 Å². The van der Waals surface area contributed by atoms with Crippen molar-refractivity contribution >= 4 is 17.4 Å². The van der Waals surface area contributed by atoms with Gasteiger partial charge in [-0.15, -0.1) is 0 Å². The molecule has 2 aromatic carbocycles. The molecule has 0 saturated carbocycles. The fourth-order valence-electron chi connectivity index (χ4n) is 3.13.